The molecule has 2 heterocycles. The zero-order chi connectivity index (χ0) is 22.5. The molecule has 1 aliphatic heterocycles. The third-order valence-corrected chi connectivity index (χ3v) is 4.94. The van der Waals surface area contributed by atoms with Gasteiger partial charge in [0.05, 0.1) is 19.8 Å². The van der Waals surface area contributed by atoms with Crippen molar-refractivity contribution in [1.82, 2.24) is 10.3 Å². The molecule has 0 saturated heterocycles. The number of carbonyl (C=O) groups is 2. The van der Waals surface area contributed by atoms with E-state index in [1.165, 1.54) is 14.2 Å². The summed E-state index contributed by atoms with van der Waals surface area (Å²) in [5, 5.41) is 16.1. The van der Waals surface area contributed by atoms with Crippen LogP contribution in [0.4, 0.5) is 0 Å². The summed E-state index contributed by atoms with van der Waals surface area (Å²) in [6.45, 7) is 3.37. The van der Waals surface area contributed by atoms with Crippen molar-refractivity contribution in [3.05, 3.63) is 52.5 Å². The normalized spacial score (nSPS) is 18.1. The minimum atomic E-state index is -0.803. The summed E-state index contributed by atoms with van der Waals surface area (Å²) >= 11 is 0. The second kappa shape index (κ2) is 9.21. The van der Waals surface area contributed by atoms with Crippen molar-refractivity contribution in [3.63, 3.8) is 0 Å². The van der Waals surface area contributed by atoms with Crippen LogP contribution in [0, 0.1) is 17.2 Å². The molecule has 1 aromatic carbocycles. The molecule has 0 fully saturated rings. The molecule has 2 unspecified atom stereocenters. The molecule has 2 aromatic rings. The number of nitrogens with zero attached hydrogens (tertiary/aromatic N) is 4. The monoisotopic (exact) mass is 424 g/mol. The lowest BCUT2D eigenvalue weighted by molar-refractivity contribution is -0.143. The molecule has 0 amide bonds. The molecule has 10 nitrogen and oxygen atoms in total. The van der Waals surface area contributed by atoms with Gasteiger partial charge in [-0.1, -0.05) is 12.1 Å². The van der Waals surface area contributed by atoms with Gasteiger partial charge in [-0.15, -0.1) is 0 Å². The van der Waals surface area contributed by atoms with E-state index in [0.717, 1.165) is 0 Å². The Hall–Kier alpha value is -4.00. The first kappa shape index (κ1) is 21.7. The molecule has 10 heteroatoms. The lowest BCUT2D eigenvalue weighted by atomic mass is 9.75. The van der Waals surface area contributed by atoms with Crippen LogP contribution in [0.25, 0.3) is 0 Å². The molecule has 0 radical (unpaired) electrons. The number of hydrogen-bond acceptors (Lipinski definition) is 10. The van der Waals surface area contributed by atoms with E-state index in [1.807, 2.05) is 6.07 Å². The maximum Gasteiger partial charge on any atom is 0.336 e. The highest BCUT2D eigenvalue weighted by Crippen LogP contribution is 2.40. The summed E-state index contributed by atoms with van der Waals surface area (Å²) in [7, 11) is 2.56. The van der Waals surface area contributed by atoms with Crippen LogP contribution in [-0.2, 0) is 25.7 Å². The fourth-order valence-corrected chi connectivity index (χ4v) is 3.54. The Labute approximate surface area is 178 Å². The van der Waals surface area contributed by atoms with Crippen LogP contribution in [0.5, 0.6) is 5.75 Å². The van der Waals surface area contributed by atoms with E-state index in [9.17, 15) is 9.59 Å². The highest BCUT2D eigenvalue weighted by molar-refractivity contribution is 6.06. The molecule has 1 aliphatic rings. The maximum absolute atomic E-state index is 12.6. The summed E-state index contributed by atoms with van der Waals surface area (Å²) in [6, 6.07) is 8.78. The van der Waals surface area contributed by atoms with Crippen molar-refractivity contribution in [2.24, 2.45) is 10.9 Å². The summed E-state index contributed by atoms with van der Waals surface area (Å²) in [6.07, 6.45) is 0. The van der Waals surface area contributed by atoms with E-state index in [-0.39, 0.29) is 23.6 Å². The molecule has 0 aliphatic carbocycles. The van der Waals surface area contributed by atoms with Crippen molar-refractivity contribution in [3.8, 4) is 11.8 Å². The highest BCUT2D eigenvalue weighted by atomic mass is 16.6. The van der Waals surface area contributed by atoms with Gasteiger partial charge in [-0.3, -0.25) is 9.79 Å². The quantitative estimate of drug-likeness (QED) is 0.640. The molecule has 0 bridgehead atoms. The van der Waals surface area contributed by atoms with E-state index in [0.29, 0.717) is 22.7 Å². The molecule has 3 rings (SSSR count). The average Bonchev–Trinajstić information content (AvgIpc) is 3.24. The molecule has 0 saturated carbocycles. The van der Waals surface area contributed by atoms with Gasteiger partial charge in [0.1, 0.15) is 24.3 Å². The number of ether oxygens (including phenoxy) is 3. The standard InChI is InChI=1S/C21H20N4O6/c1-11-17(20(26)28-3)19(18(12(2)23-11)21(27)29-4)13-6-5-7-14(8-13)30-10-16-15(9-22)24-31-25-16/h5-8,17,19H,10H2,1-4H3. The number of esters is 2. The van der Waals surface area contributed by atoms with Crippen LogP contribution in [0.15, 0.2) is 45.2 Å². The molecule has 2 atom stereocenters. The largest absolute Gasteiger partial charge is 0.487 e. The molecule has 0 N–H and O–H groups in total. The third-order valence-electron chi connectivity index (χ3n) is 4.94. The molecule has 160 valence electrons. The first-order valence-corrected chi connectivity index (χ1v) is 9.27. The van der Waals surface area contributed by atoms with Crippen molar-refractivity contribution in [2.75, 3.05) is 14.2 Å². The first-order valence-electron chi connectivity index (χ1n) is 9.27. The zero-order valence-electron chi connectivity index (χ0n) is 17.4. The maximum atomic E-state index is 12.6. The Morgan fingerprint density at radius 1 is 1.19 bits per heavy atom. The Morgan fingerprint density at radius 2 is 1.97 bits per heavy atom. The Kier molecular flexibility index (Phi) is 6.45. The van der Waals surface area contributed by atoms with E-state index >= 15 is 0 Å². The number of nitriles is 1. The number of aromatic nitrogens is 2. The van der Waals surface area contributed by atoms with Crippen LogP contribution in [-0.4, -0.2) is 42.2 Å². The molecular formula is C21H20N4O6. The third kappa shape index (κ3) is 4.30. The van der Waals surface area contributed by atoms with Gasteiger partial charge in [0.25, 0.3) is 0 Å². The molecule has 1 aromatic heterocycles. The summed E-state index contributed by atoms with van der Waals surface area (Å²) in [4.78, 5) is 29.5. The number of benzene rings is 1. The number of aliphatic imine (C=N–C) groups is 1. The van der Waals surface area contributed by atoms with Crippen molar-refractivity contribution in [2.45, 2.75) is 26.4 Å². The van der Waals surface area contributed by atoms with Crippen molar-refractivity contribution < 1.29 is 28.4 Å². The smallest absolute Gasteiger partial charge is 0.336 e. The number of allylic oxidation sites excluding steroid dienone is 1. The summed E-state index contributed by atoms with van der Waals surface area (Å²) in [5.41, 5.74) is 2.20. The second-order valence-electron chi connectivity index (χ2n) is 6.75. The SMILES string of the molecule is COC(=O)C1=C(C)N=C(C)C(C(=O)OC)C1c1cccc(OCc2nonc2C#N)c1. The van der Waals surface area contributed by atoms with E-state index in [1.54, 1.807) is 38.1 Å². The fourth-order valence-electron chi connectivity index (χ4n) is 3.54. The van der Waals surface area contributed by atoms with Crippen LogP contribution >= 0.6 is 0 Å². The van der Waals surface area contributed by atoms with Gasteiger partial charge >= 0.3 is 11.9 Å². The van der Waals surface area contributed by atoms with Gasteiger partial charge in [0, 0.05) is 17.3 Å². The fraction of sp³-hybridized carbons (Fsp3) is 0.333. The topological polar surface area (TPSA) is 137 Å². The first-order chi connectivity index (χ1) is 14.9. The predicted molar refractivity (Wildman–Crippen MR) is 106 cm³/mol. The van der Waals surface area contributed by atoms with Crippen molar-refractivity contribution in [1.29, 1.82) is 5.26 Å². The van der Waals surface area contributed by atoms with Crippen LogP contribution < -0.4 is 4.74 Å². The van der Waals surface area contributed by atoms with E-state index in [4.69, 9.17) is 19.5 Å². The van der Waals surface area contributed by atoms with E-state index < -0.39 is 23.8 Å². The number of rotatable bonds is 6. The Morgan fingerprint density at radius 3 is 2.65 bits per heavy atom. The second-order valence-corrected chi connectivity index (χ2v) is 6.75. The van der Waals surface area contributed by atoms with Gasteiger partial charge in [-0.2, -0.15) is 5.26 Å². The lowest BCUT2D eigenvalue weighted by Gasteiger charge is -2.31. The average molecular weight is 424 g/mol. The van der Waals surface area contributed by atoms with Gasteiger partial charge < -0.3 is 14.2 Å². The minimum absolute atomic E-state index is 0.0348. The van der Waals surface area contributed by atoms with Crippen molar-refractivity contribution >= 4 is 17.7 Å². The van der Waals surface area contributed by atoms with Gasteiger partial charge in [0.15, 0.2) is 5.69 Å². The predicted octanol–water partition coefficient (Wildman–Crippen LogP) is 2.31. The number of hydrogen-bond donors (Lipinski definition) is 0. The van der Waals surface area contributed by atoms with Gasteiger partial charge in [-0.25, -0.2) is 9.42 Å². The lowest BCUT2D eigenvalue weighted by Crippen LogP contribution is -2.36. The Balaban J connectivity index is 2.00. The van der Waals surface area contributed by atoms with Crippen LogP contribution in [0.3, 0.4) is 0 Å². The molecule has 0 spiro atoms. The molecule has 31 heavy (non-hydrogen) atoms. The zero-order valence-corrected chi connectivity index (χ0v) is 17.4. The highest BCUT2D eigenvalue weighted by Gasteiger charge is 2.42. The summed E-state index contributed by atoms with van der Waals surface area (Å²) in [5.74, 6) is -2.13. The summed E-state index contributed by atoms with van der Waals surface area (Å²) < 4.78 is 20.2. The van der Waals surface area contributed by atoms with Gasteiger partial charge in [0.2, 0.25) is 5.69 Å². The number of methoxy groups -OCH3 is 2. The van der Waals surface area contributed by atoms with Crippen LogP contribution in [0.1, 0.15) is 36.7 Å². The number of carbonyl (C=O) groups excluding carboxylic acids is 2. The minimum Gasteiger partial charge on any atom is -0.487 e. The van der Waals surface area contributed by atoms with E-state index in [2.05, 4.69) is 19.9 Å². The van der Waals surface area contributed by atoms with Crippen LogP contribution in [0.2, 0.25) is 0 Å². The van der Waals surface area contributed by atoms with Gasteiger partial charge in [-0.05, 0) is 41.9 Å². The Bertz CT molecular complexity index is 1110. The molecular weight excluding hydrogens is 404 g/mol.